The smallest absolute Gasteiger partial charge is 0.253 e. The van der Waals surface area contributed by atoms with Crippen molar-refractivity contribution in [2.45, 2.75) is 19.9 Å². The third-order valence-corrected chi connectivity index (χ3v) is 3.63. The predicted octanol–water partition coefficient (Wildman–Crippen LogP) is 2.00. The van der Waals surface area contributed by atoms with Crippen molar-refractivity contribution in [3.63, 3.8) is 0 Å². The molecule has 0 aromatic carbocycles. The zero-order chi connectivity index (χ0) is 13.7. The van der Waals surface area contributed by atoms with E-state index in [1.165, 1.54) is 0 Å². The fourth-order valence-electron chi connectivity index (χ4n) is 1.68. The Labute approximate surface area is 116 Å². The van der Waals surface area contributed by atoms with Crippen LogP contribution in [0.1, 0.15) is 21.7 Å². The minimum atomic E-state index is 0.0452. The molecule has 2 aromatic heterocycles. The van der Waals surface area contributed by atoms with Crippen molar-refractivity contribution in [3.8, 4) is 11.8 Å². The van der Waals surface area contributed by atoms with Gasteiger partial charge in [0, 0.05) is 23.1 Å². The van der Waals surface area contributed by atoms with E-state index in [2.05, 4.69) is 11.8 Å². The van der Waals surface area contributed by atoms with Gasteiger partial charge in [0.05, 0.1) is 18.0 Å². The van der Waals surface area contributed by atoms with Crippen molar-refractivity contribution >= 4 is 11.3 Å². The average Bonchev–Trinajstić information content (AvgIpc) is 2.83. The normalized spacial score (nSPS) is 10.0. The number of nitrogens with zero attached hydrogens (tertiary/aromatic N) is 1. The van der Waals surface area contributed by atoms with Gasteiger partial charge < -0.3 is 9.67 Å². The number of hydrogen-bond acceptors (Lipinski definition) is 3. The molecule has 1 N–H and O–H groups in total. The zero-order valence-corrected chi connectivity index (χ0v) is 11.5. The second-order valence-corrected chi connectivity index (χ2v) is 5.33. The van der Waals surface area contributed by atoms with Crippen LogP contribution in [0.4, 0.5) is 0 Å². The molecule has 98 valence electrons. The summed E-state index contributed by atoms with van der Waals surface area (Å²) in [6.07, 6.45) is 2.29. The third kappa shape index (κ3) is 3.57. The summed E-state index contributed by atoms with van der Waals surface area (Å²) < 4.78 is 1.70. The summed E-state index contributed by atoms with van der Waals surface area (Å²) in [4.78, 5) is 14.0. The first-order valence-corrected chi connectivity index (χ1v) is 6.87. The van der Waals surface area contributed by atoms with Crippen LogP contribution in [0.5, 0.6) is 0 Å². The molecule has 0 amide bonds. The molecule has 3 nitrogen and oxygen atoms in total. The van der Waals surface area contributed by atoms with E-state index in [4.69, 9.17) is 5.11 Å². The highest BCUT2D eigenvalue weighted by Crippen LogP contribution is 2.16. The van der Waals surface area contributed by atoms with Crippen LogP contribution in [-0.4, -0.2) is 16.3 Å². The van der Waals surface area contributed by atoms with Crippen LogP contribution in [0, 0.1) is 18.8 Å². The maximum atomic E-state index is 11.9. The highest BCUT2D eigenvalue weighted by atomic mass is 32.1. The molecule has 0 unspecified atom stereocenters. The SMILES string of the molecule is Cc1cccn(Cc2ccc(C#CCCO)s2)c1=O. The highest BCUT2D eigenvalue weighted by Gasteiger charge is 2.02. The Hall–Kier alpha value is -1.83. The molecule has 0 aliphatic rings. The quantitative estimate of drug-likeness (QED) is 0.869. The van der Waals surface area contributed by atoms with Gasteiger partial charge in [0.2, 0.25) is 0 Å². The fraction of sp³-hybridized carbons (Fsp3) is 0.267. The van der Waals surface area contributed by atoms with E-state index in [0.717, 1.165) is 15.3 Å². The number of aliphatic hydroxyl groups excluding tert-OH is 1. The predicted molar refractivity (Wildman–Crippen MR) is 77.4 cm³/mol. The minimum absolute atomic E-state index is 0.0452. The van der Waals surface area contributed by atoms with Crippen molar-refractivity contribution in [1.29, 1.82) is 0 Å². The molecule has 4 heteroatoms. The van der Waals surface area contributed by atoms with E-state index in [0.29, 0.717) is 13.0 Å². The molecule has 19 heavy (non-hydrogen) atoms. The van der Waals surface area contributed by atoms with Gasteiger partial charge >= 0.3 is 0 Å². The summed E-state index contributed by atoms with van der Waals surface area (Å²) in [7, 11) is 0. The molecule has 2 heterocycles. The van der Waals surface area contributed by atoms with E-state index >= 15 is 0 Å². The van der Waals surface area contributed by atoms with Crippen LogP contribution in [0.2, 0.25) is 0 Å². The molecule has 0 aliphatic carbocycles. The van der Waals surface area contributed by atoms with Crippen LogP contribution >= 0.6 is 11.3 Å². The Bertz CT molecular complexity index is 673. The summed E-state index contributed by atoms with van der Waals surface area (Å²) in [6, 6.07) is 7.64. The van der Waals surface area contributed by atoms with Crippen LogP contribution in [0.3, 0.4) is 0 Å². The lowest BCUT2D eigenvalue weighted by Gasteiger charge is -2.03. The molecular formula is C15H15NO2S. The largest absolute Gasteiger partial charge is 0.395 e. The van der Waals surface area contributed by atoms with Gasteiger partial charge in [-0.05, 0) is 25.1 Å². The lowest BCUT2D eigenvalue weighted by Crippen LogP contribution is -2.21. The Morgan fingerprint density at radius 1 is 1.37 bits per heavy atom. The monoisotopic (exact) mass is 273 g/mol. The van der Waals surface area contributed by atoms with Crippen LogP contribution in [0.25, 0.3) is 0 Å². The number of aromatic nitrogens is 1. The van der Waals surface area contributed by atoms with Crippen LogP contribution in [-0.2, 0) is 6.54 Å². The van der Waals surface area contributed by atoms with Gasteiger partial charge in [0.15, 0.2) is 0 Å². The number of aliphatic hydroxyl groups is 1. The lowest BCUT2D eigenvalue weighted by atomic mass is 10.3. The lowest BCUT2D eigenvalue weighted by molar-refractivity contribution is 0.305. The summed E-state index contributed by atoms with van der Waals surface area (Å²) in [6.45, 7) is 2.48. The Kier molecular flexibility index (Phi) is 4.56. The van der Waals surface area contributed by atoms with Crippen molar-refractivity contribution in [1.82, 2.24) is 4.57 Å². The van der Waals surface area contributed by atoms with Crippen molar-refractivity contribution in [2.24, 2.45) is 0 Å². The first-order valence-electron chi connectivity index (χ1n) is 6.05. The summed E-state index contributed by atoms with van der Waals surface area (Å²) in [5.41, 5.74) is 0.797. The van der Waals surface area contributed by atoms with Crippen LogP contribution < -0.4 is 5.56 Å². The minimum Gasteiger partial charge on any atom is -0.395 e. The van der Waals surface area contributed by atoms with E-state index in [-0.39, 0.29) is 12.2 Å². The van der Waals surface area contributed by atoms with Gasteiger partial charge in [-0.15, -0.1) is 11.3 Å². The highest BCUT2D eigenvalue weighted by molar-refractivity contribution is 7.12. The van der Waals surface area contributed by atoms with E-state index in [1.807, 2.05) is 31.2 Å². The molecule has 0 spiro atoms. The average molecular weight is 273 g/mol. The number of rotatable bonds is 3. The number of pyridine rings is 1. The van der Waals surface area contributed by atoms with Crippen molar-refractivity contribution in [2.75, 3.05) is 6.61 Å². The summed E-state index contributed by atoms with van der Waals surface area (Å²) in [5, 5.41) is 8.66. The van der Waals surface area contributed by atoms with Gasteiger partial charge in [-0.2, -0.15) is 0 Å². The van der Waals surface area contributed by atoms with Gasteiger partial charge in [0.25, 0.3) is 5.56 Å². The zero-order valence-electron chi connectivity index (χ0n) is 10.7. The van der Waals surface area contributed by atoms with E-state index < -0.39 is 0 Å². The van der Waals surface area contributed by atoms with Gasteiger partial charge in [-0.25, -0.2) is 0 Å². The summed E-state index contributed by atoms with van der Waals surface area (Å²) >= 11 is 1.58. The molecular weight excluding hydrogens is 258 g/mol. The molecule has 0 saturated carbocycles. The maximum Gasteiger partial charge on any atom is 0.253 e. The number of thiophene rings is 1. The molecule has 0 aliphatic heterocycles. The van der Waals surface area contributed by atoms with Gasteiger partial charge in [-0.3, -0.25) is 4.79 Å². The number of aryl methyl sites for hydroxylation is 1. The van der Waals surface area contributed by atoms with E-state index in [1.54, 1.807) is 22.1 Å². The molecule has 2 rings (SSSR count). The van der Waals surface area contributed by atoms with Crippen LogP contribution in [0.15, 0.2) is 35.3 Å². The van der Waals surface area contributed by atoms with Gasteiger partial charge in [-0.1, -0.05) is 17.9 Å². The Balaban J connectivity index is 2.15. The standard InChI is InChI=1S/C15H15NO2S/c1-12-5-4-9-16(15(12)18)11-14-8-7-13(19-14)6-2-3-10-17/h4-5,7-9,17H,3,10-11H2,1H3. The molecule has 0 atom stereocenters. The molecule has 0 radical (unpaired) electrons. The second-order valence-electron chi connectivity index (χ2n) is 4.17. The molecule has 0 fully saturated rings. The third-order valence-electron chi connectivity index (χ3n) is 2.65. The van der Waals surface area contributed by atoms with Crippen molar-refractivity contribution in [3.05, 3.63) is 56.1 Å². The molecule has 2 aromatic rings. The second kappa shape index (κ2) is 6.37. The first-order chi connectivity index (χ1) is 9.20. The molecule has 0 saturated heterocycles. The summed E-state index contributed by atoms with van der Waals surface area (Å²) in [5.74, 6) is 5.89. The Morgan fingerprint density at radius 2 is 2.21 bits per heavy atom. The number of hydrogen-bond donors (Lipinski definition) is 1. The first kappa shape index (κ1) is 13.6. The van der Waals surface area contributed by atoms with E-state index in [9.17, 15) is 4.79 Å². The topological polar surface area (TPSA) is 42.2 Å². The van der Waals surface area contributed by atoms with Crippen molar-refractivity contribution < 1.29 is 5.11 Å². The maximum absolute atomic E-state index is 11.9. The van der Waals surface area contributed by atoms with Gasteiger partial charge in [0.1, 0.15) is 0 Å². The molecule has 0 bridgehead atoms. The fourth-order valence-corrected chi connectivity index (χ4v) is 2.57. The Morgan fingerprint density at radius 3 is 3.00 bits per heavy atom.